The fourth-order valence-corrected chi connectivity index (χ4v) is 5.60. The number of aromatic amines is 1. The number of benzene rings is 3. The van der Waals surface area contributed by atoms with Gasteiger partial charge in [0.1, 0.15) is 0 Å². The highest BCUT2D eigenvalue weighted by atomic mass is 16.2. The van der Waals surface area contributed by atoms with Crippen LogP contribution in [-0.2, 0) is 16.8 Å². The fraction of sp³-hybridized carbons (Fsp3) is 0.241. The average molecular weight is 450 g/mol. The molecule has 2 aliphatic rings. The van der Waals surface area contributed by atoms with E-state index in [1.165, 1.54) is 10.5 Å². The number of urea groups is 1. The monoisotopic (exact) mass is 449 g/mol. The smallest absolute Gasteiger partial charge is 0.332 e. The fourth-order valence-electron chi connectivity index (χ4n) is 5.60. The number of aryl methyl sites for hydroxylation is 2. The molecule has 1 fully saturated rings. The minimum Gasteiger partial charge on any atom is -0.356 e. The summed E-state index contributed by atoms with van der Waals surface area (Å²) in [6.45, 7) is 6.47. The van der Waals surface area contributed by atoms with Crippen LogP contribution in [0.4, 0.5) is 10.5 Å². The van der Waals surface area contributed by atoms with Gasteiger partial charge in [-0.3, -0.25) is 4.79 Å². The Kier molecular flexibility index (Phi) is 4.46. The number of hydrogen-bond acceptors (Lipinski definition) is 2. The summed E-state index contributed by atoms with van der Waals surface area (Å²) >= 11 is 0. The molecule has 0 saturated carbocycles. The van der Waals surface area contributed by atoms with Crippen molar-refractivity contribution >= 4 is 28.5 Å². The van der Waals surface area contributed by atoms with Gasteiger partial charge in [0.15, 0.2) is 5.54 Å². The van der Waals surface area contributed by atoms with E-state index in [1.54, 1.807) is 4.90 Å². The lowest BCUT2D eigenvalue weighted by atomic mass is 9.78. The van der Waals surface area contributed by atoms with Gasteiger partial charge in [-0.15, -0.1) is 0 Å². The SMILES string of the molecule is CCc1ccc(C2CN3C(=O)N(c4ccc(C)cc4)C(=O)[C@]3(C)c3[nH]c4ccccc4c32)cc1. The summed E-state index contributed by atoms with van der Waals surface area (Å²) in [5.41, 5.74) is 5.96. The molecule has 5 heteroatoms. The number of carbonyl (C=O) groups is 2. The molecule has 1 N–H and O–H groups in total. The minimum atomic E-state index is -1.09. The number of fused-ring (bicyclic) bond motifs is 5. The molecule has 2 aliphatic heterocycles. The first-order valence-corrected chi connectivity index (χ1v) is 11.9. The Labute approximate surface area is 199 Å². The molecule has 1 unspecified atom stereocenters. The van der Waals surface area contributed by atoms with E-state index in [2.05, 4.69) is 42.2 Å². The van der Waals surface area contributed by atoms with E-state index in [-0.39, 0.29) is 17.9 Å². The molecular formula is C29H27N3O2. The topological polar surface area (TPSA) is 56.4 Å². The normalized spacial score (nSPS) is 21.8. The maximum Gasteiger partial charge on any atom is 0.332 e. The van der Waals surface area contributed by atoms with Crippen LogP contribution in [0.5, 0.6) is 0 Å². The van der Waals surface area contributed by atoms with Crippen LogP contribution in [0.2, 0.25) is 0 Å². The van der Waals surface area contributed by atoms with Crippen LogP contribution in [-0.4, -0.2) is 28.4 Å². The maximum absolute atomic E-state index is 14.0. The molecule has 0 bridgehead atoms. The van der Waals surface area contributed by atoms with Gasteiger partial charge in [-0.1, -0.05) is 67.1 Å². The van der Waals surface area contributed by atoms with E-state index in [0.29, 0.717) is 12.2 Å². The molecule has 170 valence electrons. The second-order valence-corrected chi connectivity index (χ2v) is 9.55. The molecule has 3 amide bonds. The van der Waals surface area contributed by atoms with E-state index in [0.717, 1.165) is 39.7 Å². The van der Waals surface area contributed by atoms with Crippen LogP contribution >= 0.6 is 0 Å². The lowest BCUT2D eigenvalue weighted by Crippen LogP contribution is -2.50. The van der Waals surface area contributed by atoms with E-state index >= 15 is 0 Å². The number of nitrogens with one attached hydrogen (secondary N) is 1. The van der Waals surface area contributed by atoms with Crippen molar-refractivity contribution in [3.05, 3.63) is 101 Å². The van der Waals surface area contributed by atoms with Gasteiger partial charge in [-0.25, -0.2) is 9.69 Å². The summed E-state index contributed by atoms with van der Waals surface area (Å²) in [7, 11) is 0. The molecule has 1 saturated heterocycles. The predicted octanol–water partition coefficient (Wildman–Crippen LogP) is 5.87. The van der Waals surface area contributed by atoms with Gasteiger partial charge in [0.2, 0.25) is 0 Å². The second-order valence-electron chi connectivity index (χ2n) is 9.55. The zero-order chi connectivity index (χ0) is 23.6. The molecule has 3 aromatic carbocycles. The van der Waals surface area contributed by atoms with Crippen LogP contribution in [0, 0.1) is 6.92 Å². The van der Waals surface area contributed by atoms with Crippen molar-refractivity contribution in [1.29, 1.82) is 0 Å². The van der Waals surface area contributed by atoms with Gasteiger partial charge < -0.3 is 9.88 Å². The van der Waals surface area contributed by atoms with Gasteiger partial charge >= 0.3 is 6.03 Å². The summed E-state index contributed by atoms with van der Waals surface area (Å²) in [6.07, 6.45) is 0.978. The van der Waals surface area contributed by atoms with Crippen molar-refractivity contribution in [3.8, 4) is 0 Å². The van der Waals surface area contributed by atoms with E-state index in [1.807, 2.05) is 56.3 Å². The number of imide groups is 1. The zero-order valence-corrected chi connectivity index (χ0v) is 19.6. The molecule has 5 nitrogen and oxygen atoms in total. The predicted molar refractivity (Wildman–Crippen MR) is 134 cm³/mol. The van der Waals surface area contributed by atoms with Crippen molar-refractivity contribution < 1.29 is 9.59 Å². The highest BCUT2D eigenvalue weighted by molar-refractivity contribution is 6.23. The number of nitrogens with zero attached hydrogens (tertiary/aromatic N) is 2. The van der Waals surface area contributed by atoms with Crippen molar-refractivity contribution in [2.45, 2.75) is 38.6 Å². The van der Waals surface area contributed by atoms with Gasteiger partial charge in [0.25, 0.3) is 5.91 Å². The van der Waals surface area contributed by atoms with Crippen molar-refractivity contribution in [1.82, 2.24) is 9.88 Å². The number of aromatic nitrogens is 1. The van der Waals surface area contributed by atoms with E-state index in [9.17, 15) is 9.59 Å². The van der Waals surface area contributed by atoms with Crippen molar-refractivity contribution in [3.63, 3.8) is 0 Å². The average Bonchev–Trinajstić information content (AvgIpc) is 3.34. The summed E-state index contributed by atoms with van der Waals surface area (Å²) in [5.74, 6) is -0.242. The molecule has 0 spiro atoms. The number of amides is 3. The Bertz CT molecular complexity index is 1430. The Morgan fingerprint density at radius 2 is 1.68 bits per heavy atom. The number of rotatable bonds is 3. The lowest BCUT2D eigenvalue weighted by Gasteiger charge is -2.40. The van der Waals surface area contributed by atoms with Crippen molar-refractivity contribution in [2.75, 3.05) is 11.4 Å². The maximum atomic E-state index is 14.0. The van der Waals surface area contributed by atoms with Crippen LogP contribution in [0.25, 0.3) is 10.9 Å². The molecule has 6 rings (SSSR count). The summed E-state index contributed by atoms with van der Waals surface area (Å²) in [5, 5.41) is 1.11. The molecule has 34 heavy (non-hydrogen) atoms. The number of para-hydroxylation sites is 1. The lowest BCUT2D eigenvalue weighted by molar-refractivity contribution is -0.125. The third kappa shape index (κ3) is 2.73. The highest BCUT2D eigenvalue weighted by Crippen LogP contribution is 2.50. The van der Waals surface area contributed by atoms with Crippen LogP contribution in [0.3, 0.4) is 0 Å². The van der Waals surface area contributed by atoms with Gasteiger partial charge in [0.05, 0.1) is 11.4 Å². The van der Waals surface area contributed by atoms with Gasteiger partial charge in [-0.2, -0.15) is 0 Å². The van der Waals surface area contributed by atoms with Crippen LogP contribution in [0.15, 0.2) is 72.8 Å². The first-order valence-electron chi connectivity index (χ1n) is 11.9. The molecule has 1 aromatic heterocycles. The third-order valence-electron chi connectivity index (χ3n) is 7.61. The molecule has 0 radical (unpaired) electrons. The molecular weight excluding hydrogens is 422 g/mol. The molecule has 2 atom stereocenters. The van der Waals surface area contributed by atoms with Gasteiger partial charge in [-0.05, 0) is 55.2 Å². The number of H-pyrrole nitrogens is 1. The second kappa shape index (κ2) is 7.32. The Morgan fingerprint density at radius 1 is 0.971 bits per heavy atom. The van der Waals surface area contributed by atoms with E-state index < -0.39 is 5.54 Å². The standard InChI is InChI=1S/C29H27N3O2/c1-4-19-11-13-20(14-12-19)23-17-31-28(34)32(21-15-9-18(2)10-16-21)27(33)29(31,3)26-25(23)22-7-5-6-8-24(22)30-26/h5-16,23,30H,4,17H2,1-3H3/t23?,29-/m0/s1. The molecule has 4 aromatic rings. The number of hydrogen-bond donors (Lipinski definition) is 1. The Balaban J connectivity index is 1.56. The van der Waals surface area contributed by atoms with Crippen molar-refractivity contribution in [2.24, 2.45) is 0 Å². The quantitative estimate of drug-likeness (QED) is 0.398. The summed E-state index contributed by atoms with van der Waals surface area (Å²) in [6, 6.07) is 24.1. The Morgan fingerprint density at radius 3 is 2.38 bits per heavy atom. The van der Waals surface area contributed by atoms with E-state index in [4.69, 9.17) is 0 Å². The third-order valence-corrected chi connectivity index (χ3v) is 7.61. The minimum absolute atomic E-state index is 0.0279. The Hall–Kier alpha value is -3.86. The van der Waals surface area contributed by atoms with Gasteiger partial charge in [0, 0.05) is 23.4 Å². The summed E-state index contributed by atoms with van der Waals surface area (Å²) < 4.78 is 0. The molecule has 3 heterocycles. The number of anilines is 1. The van der Waals surface area contributed by atoms with Crippen LogP contribution in [0.1, 0.15) is 47.7 Å². The first-order chi connectivity index (χ1) is 16.4. The van der Waals surface area contributed by atoms with Crippen LogP contribution < -0.4 is 4.90 Å². The summed E-state index contributed by atoms with van der Waals surface area (Å²) in [4.78, 5) is 34.4. The zero-order valence-electron chi connectivity index (χ0n) is 19.6. The highest BCUT2D eigenvalue weighted by Gasteiger charge is 2.60. The number of carbonyl (C=O) groups excluding carboxylic acids is 2. The largest absolute Gasteiger partial charge is 0.356 e. The first kappa shape index (κ1) is 20.7. The molecule has 0 aliphatic carbocycles.